The summed E-state index contributed by atoms with van der Waals surface area (Å²) in [5.41, 5.74) is 0.0946. The van der Waals surface area contributed by atoms with Gasteiger partial charge in [-0.15, -0.1) is 0 Å². The van der Waals surface area contributed by atoms with Crippen LogP contribution in [0, 0.1) is 24.2 Å². The van der Waals surface area contributed by atoms with Crippen LogP contribution in [0.1, 0.15) is 24.4 Å². The number of methoxy groups -OCH3 is 1. The van der Waals surface area contributed by atoms with Gasteiger partial charge in [-0.25, -0.2) is 14.4 Å². The van der Waals surface area contributed by atoms with Gasteiger partial charge >= 0.3 is 5.97 Å². The van der Waals surface area contributed by atoms with Crippen LogP contribution in [-0.2, 0) is 16.1 Å². The predicted molar refractivity (Wildman–Crippen MR) is 87.6 cm³/mol. The molecule has 1 aromatic rings. The van der Waals surface area contributed by atoms with Crippen LogP contribution in [0.4, 0.5) is 4.39 Å². The van der Waals surface area contributed by atoms with Crippen LogP contribution in [0.3, 0.4) is 0 Å². The van der Waals surface area contributed by atoms with Gasteiger partial charge in [0.15, 0.2) is 5.75 Å². The minimum atomic E-state index is -0.843. The van der Waals surface area contributed by atoms with Crippen LogP contribution in [-0.4, -0.2) is 34.8 Å². The fourth-order valence-corrected chi connectivity index (χ4v) is 3.43. The number of aryl methyl sites for hydroxylation is 1. The third-order valence-corrected chi connectivity index (χ3v) is 4.94. The number of hydrogen-bond acceptors (Lipinski definition) is 5. The molecule has 2 aliphatic carbocycles. The fraction of sp³-hybridized carbons (Fsp3) is 0.500. The van der Waals surface area contributed by atoms with E-state index in [-0.39, 0.29) is 25.0 Å². The van der Waals surface area contributed by atoms with Crippen molar-refractivity contribution in [2.45, 2.75) is 26.4 Å². The summed E-state index contributed by atoms with van der Waals surface area (Å²) in [6.45, 7) is 2.28. The Bertz CT molecular complexity index is 734. The van der Waals surface area contributed by atoms with Gasteiger partial charge in [0.2, 0.25) is 0 Å². The Morgan fingerprint density at radius 2 is 2.32 bits per heavy atom. The molecule has 0 saturated heterocycles. The van der Waals surface area contributed by atoms with Crippen molar-refractivity contribution >= 4 is 5.97 Å². The number of carbonyl (C=O) groups is 1. The summed E-state index contributed by atoms with van der Waals surface area (Å²) in [6, 6.07) is 0. The van der Waals surface area contributed by atoms with Gasteiger partial charge in [0.05, 0.1) is 25.3 Å². The normalized spacial score (nSPS) is 27.7. The van der Waals surface area contributed by atoms with E-state index in [2.05, 4.69) is 9.97 Å². The van der Waals surface area contributed by atoms with Crippen LogP contribution >= 0.6 is 0 Å². The molecule has 7 heteroatoms. The summed E-state index contributed by atoms with van der Waals surface area (Å²) in [6.07, 6.45) is 7.22. The van der Waals surface area contributed by atoms with E-state index in [1.54, 1.807) is 26.3 Å². The van der Waals surface area contributed by atoms with Crippen molar-refractivity contribution in [3.8, 4) is 5.75 Å². The van der Waals surface area contributed by atoms with E-state index in [0.29, 0.717) is 30.1 Å². The minimum Gasteiger partial charge on any atom is -0.489 e. The van der Waals surface area contributed by atoms with E-state index in [0.717, 1.165) is 0 Å². The maximum Gasteiger partial charge on any atom is 0.307 e. The zero-order valence-corrected chi connectivity index (χ0v) is 14.2. The van der Waals surface area contributed by atoms with Gasteiger partial charge in [0.25, 0.3) is 0 Å². The van der Waals surface area contributed by atoms with E-state index >= 15 is 0 Å². The quantitative estimate of drug-likeness (QED) is 0.816. The van der Waals surface area contributed by atoms with Crippen molar-refractivity contribution in [1.82, 2.24) is 9.97 Å². The topological polar surface area (TPSA) is 81.5 Å². The summed E-state index contributed by atoms with van der Waals surface area (Å²) >= 11 is 0. The summed E-state index contributed by atoms with van der Waals surface area (Å²) in [5.74, 6) is -0.582. The summed E-state index contributed by atoms with van der Waals surface area (Å²) in [4.78, 5) is 19.9. The van der Waals surface area contributed by atoms with Crippen LogP contribution in [0.25, 0.3) is 0 Å². The van der Waals surface area contributed by atoms with Gasteiger partial charge < -0.3 is 14.6 Å². The molecular weight excluding hydrogens is 327 g/mol. The van der Waals surface area contributed by atoms with Crippen molar-refractivity contribution in [2.75, 3.05) is 13.7 Å². The van der Waals surface area contributed by atoms with E-state index < -0.39 is 17.3 Å². The van der Waals surface area contributed by atoms with E-state index in [4.69, 9.17) is 9.47 Å². The molecule has 3 rings (SSSR count). The first-order valence-corrected chi connectivity index (χ1v) is 8.17. The van der Waals surface area contributed by atoms with Crippen molar-refractivity contribution in [3.63, 3.8) is 0 Å². The van der Waals surface area contributed by atoms with Crippen molar-refractivity contribution in [3.05, 3.63) is 41.8 Å². The lowest BCUT2D eigenvalue weighted by Crippen LogP contribution is -2.27. The zero-order valence-electron chi connectivity index (χ0n) is 14.2. The largest absolute Gasteiger partial charge is 0.489 e. The highest BCUT2D eigenvalue weighted by atomic mass is 19.1. The molecule has 1 N–H and O–H groups in total. The van der Waals surface area contributed by atoms with Gasteiger partial charge in [0.1, 0.15) is 17.3 Å². The Kier molecular flexibility index (Phi) is 4.85. The number of hydrogen-bond donors (Lipinski definition) is 1. The van der Waals surface area contributed by atoms with E-state index in [9.17, 15) is 14.3 Å². The van der Waals surface area contributed by atoms with E-state index in [1.807, 2.05) is 0 Å². The number of ether oxygens (including phenoxy) is 2. The molecule has 0 radical (unpaired) electrons. The lowest BCUT2D eigenvalue weighted by Gasteiger charge is -2.26. The van der Waals surface area contributed by atoms with Gasteiger partial charge in [-0.05, 0) is 37.8 Å². The highest BCUT2D eigenvalue weighted by Gasteiger charge is 2.62. The van der Waals surface area contributed by atoms with Crippen molar-refractivity contribution in [2.24, 2.45) is 17.3 Å². The lowest BCUT2D eigenvalue weighted by molar-refractivity contribution is -0.140. The monoisotopic (exact) mass is 348 g/mol. The minimum absolute atomic E-state index is 0.0645. The smallest absolute Gasteiger partial charge is 0.307 e. The summed E-state index contributed by atoms with van der Waals surface area (Å²) in [5, 5.41) is 9.43. The molecule has 0 bridgehead atoms. The molecule has 1 saturated carbocycles. The molecule has 134 valence electrons. The van der Waals surface area contributed by atoms with Crippen LogP contribution < -0.4 is 4.74 Å². The lowest BCUT2D eigenvalue weighted by atomic mass is 9.82. The van der Waals surface area contributed by atoms with Crippen LogP contribution in [0.5, 0.6) is 5.75 Å². The zero-order chi connectivity index (χ0) is 18.0. The predicted octanol–water partition coefficient (Wildman–Crippen LogP) is 2.83. The number of carboxylic acids is 1. The average molecular weight is 348 g/mol. The second-order valence-corrected chi connectivity index (χ2v) is 6.57. The van der Waals surface area contributed by atoms with Crippen molar-refractivity contribution in [1.29, 1.82) is 0 Å². The molecule has 1 fully saturated rings. The Morgan fingerprint density at radius 3 is 2.92 bits per heavy atom. The molecule has 1 heterocycles. The Hall–Kier alpha value is -2.28. The summed E-state index contributed by atoms with van der Waals surface area (Å²) < 4.78 is 24.3. The number of carboxylic acid groups (broad SMARTS) is 1. The SMILES string of the molecule is COCc1nc(C)ncc1OC[C@@]1(C2C=CC(F)=CC2)C[C@H]1C(=O)O. The van der Waals surface area contributed by atoms with Gasteiger partial charge in [0, 0.05) is 12.5 Å². The van der Waals surface area contributed by atoms with Crippen molar-refractivity contribution < 1.29 is 23.8 Å². The molecule has 1 aromatic heterocycles. The number of rotatable bonds is 7. The Morgan fingerprint density at radius 1 is 1.52 bits per heavy atom. The maximum atomic E-state index is 13.2. The molecule has 2 aliphatic rings. The molecule has 25 heavy (non-hydrogen) atoms. The molecule has 0 aromatic carbocycles. The number of allylic oxidation sites excluding steroid dienone is 4. The molecule has 0 amide bonds. The number of nitrogens with zero attached hydrogens (tertiary/aromatic N) is 2. The number of aromatic nitrogens is 2. The number of aliphatic carboxylic acids is 1. The first-order chi connectivity index (χ1) is 12.0. The Balaban J connectivity index is 1.77. The summed E-state index contributed by atoms with van der Waals surface area (Å²) in [7, 11) is 1.57. The molecule has 6 nitrogen and oxygen atoms in total. The first-order valence-electron chi connectivity index (χ1n) is 8.17. The highest BCUT2D eigenvalue weighted by molar-refractivity contribution is 5.75. The molecule has 1 unspecified atom stereocenters. The third kappa shape index (κ3) is 3.56. The first kappa shape index (κ1) is 17.5. The Labute approximate surface area is 145 Å². The highest BCUT2D eigenvalue weighted by Crippen LogP contribution is 2.60. The van der Waals surface area contributed by atoms with Gasteiger partial charge in [-0.1, -0.05) is 6.08 Å². The standard InChI is InChI=1S/C18H21FN2O4/c1-11-20-8-16(15(21-11)9-24-2)25-10-18(7-14(18)17(22)23)12-3-5-13(19)6-4-12/h3,5-6,8,12,14H,4,7,9-10H2,1-2H3,(H,22,23)/t12?,14-,18+/m0/s1. The molecule has 0 aliphatic heterocycles. The molecule has 0 spiro atoms. The second-order valence-electron chi connectivity index (χ2n) is 6.57. The second kappa shape index (κ2) is 6.92. The van der Waals surface area contributed by atoms with Gasteiger partial charge in [-0.2, -0.15) is 0 Å². The third-order valence-electron chi connectivity index (χ3n) is 4.94. The molecule has 3 atom stereocenters. The van der Waals surface area contributed by atoms with Crippen LogP contribution in [0.2, 0.25) is 0 Å². The fourth-order valence-electron chi connectivity index (χ4n) is 3.43. The van der Waals surface area contributed by atoms with Crippen LogP contribution in [0.15, 0.2) is 30.3 Å². The van der Waals surface area contributed by atoms with Gasteiger partial charge in [-0.3, -0.25) is 4.79 Å². The average Bonchev–Trinajstić information content (AvgIpc) is 3.31. The van der Waals surface area contributed by atoms with E-state index in [1.165, 1.54) is 12.2 Å². The number of halogens is 1. The molecular formula is C18H21FN2O4. The maximum absolute atomic E-state index is 13.2.